The highest BCUT2D eigenvalue weighted by Gasteiger charge is 1.98. The van der Waals surface area contributed by atoms with Crippen LogP contribution in [0.3, 0.4) is 0 Å². The maximum Gasteiger partial charge on any atom is 0.0742 e. The minimum Gasteiger partial charge on any atom is -0.274 e. The van der Waals surface area contributed by atoms with Crippen molar-refractivity contribution >= 4 is 11.9 Å². The van der Waals surface area contributed by atoms with Gasteiger partial charge in [-0.1, -0.05) is 13.8 Å². The van der Waals surface area contributed by atoms with Crippen LogP contribution in [0.4, 0.5) is 0 Å². The minimum absolute atomic E-state index is 0.991. The Kier molecular flexibility index (Phi) is 4.98. The monoisotopic (exact) mass is 173 g/mol. The van der Waals surface area contributed by atoms with Crippen molar-refractivity contribution in [3.8, 4) is 0 Å². The Morgan fingerprint density at radius 1 is 1.55 bits per heavy atom. The number of hydrogen-bond donors (Lipinski definition) is 1. The Balaban J connectivity index is 0.000000461. The summed E-state index contributed by atoms with van der Waals surface area (Å²) in [4.78, 5) is 1.04. The second-order valence-electron chi connectivity index (χ2n) is 1.87. The van der Waals surface area contributed by atoms with Gasteiger partial charge in [-0.05, 0) is 18.9 Å². The third-order valence-corrected chi connectivity index (χ3v) is 1.75. The van der Waals surface area contributed by atoms with Gasteiger partial charge in [0, 0.05) is 13.2 Å². The van der Waals surface area contributed by atoms with Gasteiger partial charge in [0.15, 0.2) is 0 Å². The van der Waals surface area contributed by atoms with Crippen molar-refractivity contribution in [3.63, 3.8) is 0 Å². The van der Waals surface area contributed by atoms with Crippen LogP contribution < -0.4 is 5.14 Å². The Labute approximate surface area is 72.1 Å². The van der Waals surface area contributed by atoms with Gasteiger partial charge in [-0.25, -0.2) is 0 Å². The average Bonchev–Trinajstić information content (AvgIpc) is 2.33. The third kappa shape index (κ3) is 2.95. The predicted molar refractivity (Wildman–Crippen MR) is 49.3 cm³/mol. The first kappa shape index (κ1) is 10.5. The van der Waals surface area contributed by atoms with Crippen LogP contribution in [0.15, 0.2) is 11.1 Å². The number of hydrogen-bond acceptors (Lipinski definition) is 3. The van der Waals surface area contributed by atoms with Gasteiger partial charge in [-0.3, -0.25) is 9.82 Å². The molecule has 0 aliphatic rings. The van der Waals surface area contributed by atoms with Gasteiger partial charge in [0.05, 0.1) is 10.6 Å². The smallest absolute Gasteiger partial charge is 0.0742 e. The van der Waals surface area contributed by atoms with Gasteiger partial charge >= 0.3 is 0 Å². The van der Waals surface area contributed by atoms with E-state index >= 15 is 0 Å². The highest BCUT2D eigenvalue weighted by Crippen LogP contribution is 2.13. The Morgan fingerprint density at radius 3 is 2.27 bits per heavy atom. The molecule has 4 heteroatoms. The van der Waals surface area contributed by atoms with Crippen LogP contribution in [0.2, 0.25) is 0 Å². The van der Waals surface area contributed by atoms with E-state index in [1.54, 1.807) is 4.68 Å². The number of aromatic nitrogens is 2. The molecule has 0 aromatic carbocycles. The Hall–Kier alpha value is -0.480. The van der Waals surface area contributed by atoms with Crippen molar-refractivity contribution in [1.29, 1.82) is 0 Å². The molecule has 0 unspecified atom stereocenters. The summed E-state index contributed by atoms with van der Waals surface area (Å²) in [5.74, 6) is 0. The first-order valence-corrected chi connectivity index (χ1v) is 4.49. The molecule has 0 fully saturated rings. The van der Waals surface area contributed by atoms with Crippen LogP contribution >= 0.6 is 11.9 Å². The van der Waals surface area contributed by atoms with Crippen molar-refractivity contribution in [2.75, 3.05) is 0 Å². The van der Waals surface area contributed by atoms with Crippen molar-refractivity contribution in [2.24, 2.45) is 12.2 Å². The average molecular weight is 173 g/mol. The van der Waals surface area contributed by atoms with E-state index in [1.807, 2.05) is 34.0 Å². The standard InChI is InChI=1S/C5H9N3S.C2H6/c1-4-5(9-6)3-8(2)7-4;1-2/h3H,6H2,1-2H3;1-2H3. The molecule has 0 atom stereocenters. The molecular formula is C7H15N3S. The van der Waals surface area contributed by atoms with Gasteiger partial charge in [0.1, 0.15) is 0 Å². The van der Waals surface area contributed by atoms with Gasteiger partial charge in [-0.2, -0.15) is 5.10 Å². The van der Waals surface area contributed by atoms with Crippen molar-refractivity contribution in [1.82, 2.24) is 9.78 Å². The summed E-state index contributed by atoms with van der Waals surface area (Å²) in [6.45, 7) is 5.94. The van der Waals surface area contributed by atoms with Crippen LogP contribution in [0.1, 0.15) is 19.5 Å². The van der Waals surface area contributed by atoms with E-state index < -0.39 is 0 Å². The molecule has 11 heavy (non-hydrogen) atoms. The summed E-state index contributed by atoms with van der Waals surface area (Å²) < 4.78 is 1.75. The SMILES string of the molecule is CC.Cc1nn(C)cc1SN. The molecule has 0 bridgehead atoms. The van der Waals surface area contributed by atoms with Crippen molar-refractivity contribution < 1.29 is 0 Å². The van der Waals surface area contributed by atoms with E-state index in [-0.39, 0.29) is 0 Å². The maximum absolute atomic E-state index is 5.33. The lowest BCUT2D eigenvalue weighted by Gasteiger charge is -1.84. The van der Waals surface area contributed by atoms with E-state index in [2.05, 4.69) is 5.10 Å². The lowest BCUT2D eigenvalue weighted by molar-refractivity contribution is 0.756. The summed E-state index contributed by atoms with van der Waals surface area (Å²) in [6, 6.07) is 0. The lowest BCUT2D eigenvalue weighted by Crippen LogP contribution is -1.86. The highest BCUT2D eigenvalue weighted by molar-refractivity contribution is 7.97. The molecule has 1 rings (SSSR count). The largest absolute Gasteiger partial charge is 0.274 e. The Morgan fingerprint density at radius 2 is 2.09 bits per heavy atom. The molecular weight excluding hydrogens is 158 g/mol. The zero-order chi connectivity index (χ0) is 8.85. The molecule has 0 saturated heterocycles. The number of nitrogens with two attached hydrogens (primary N) is 1. The molecule has 1 aromatic heterocycles. The van der Waals surface area contributed by atoms with Crippen LogP contribution in [-0.4, -0.2) is 9.78 Å². The van der Waals surface area contributed by atoms with Crippen molar-refractivity contribution in [2.45, 2.75) is 25.7 Å². The van der Waals surface area contributed by atoms with E-state index in [0.717, 1.165) is 10.6 Å². The molecule has 0 aliphatic heterocycles. The van der Waals surface area contributed by atoms with Crippen molar-refractivity contribution in [3.05, 3.63) is 11.9 Å². The highest BCUT2D eigenvalue weighted by atomic mass is 32.2. The van der Waals surface area contributed by atoms with Gasteiger partial charge in [0.2, 0.25) is 0 Å². The summed E-state index contributed by atoms with van der Waals surface area (Å²) >= 11 is 1.23. The predicted octanol–water partition coefficient (Wildman–Crippen LogP) is 1.72. The third-order valence-electron chi connectivity index (χ3n) is 1.10. The van der Waals surface area contributed by atoms with E-state index in [4.69, 9.17) is 5.14 Å². The first-order valence-electron chi connectivity index (χ1n) is 3.61. The summed E-state index contributed by atoms with van der Waals surface area (Å²) in [6.07, 6.45) is 1.90. The summed E-state index contributed by atoms with van der Waals surface area (Å²) in [5.41, 5.74) is 0.991. The topological polar surface area (TPSA) is 43.8 Å². The molecule has 64 valence electrons. The molecule has 0 aliphatic carbocycles. The lowest BCUT2D eigenvalue weighted by atomic mass is 10.5. The molecule has 0 radical (unpaired) electrons. The van der Waals surface area contributed by atoms with Crippen LogP contribution in [0, 0.1) is 6.92 Å². The quantitative estimate of drug-likeness (QED) is 0.658. The molecule has 1 aromatic rings. The van der Waals surface area contributed by atoms with Gasteiger partial charge < -0.3 is 0 Å². The molecule has 0 saturated carbocycles. The first-order chi connectivity index (χ1) is 5.24. The Bertz CT molecular complexity index is 207. The van der Waals surface area contributed by atoms with Crippen LogP contribution in [0.25, 0.3) is 0 Å². The zero-order valence-electron chi connectivity index (χ0n) is 7.46. The maximum atomic E-state index is 5.33. The fourth-order valence-corrected chi connectivity index (χ4v) is 1.12. The number of rotatable bonds is 1. The van der Waals surface area contributed by atoms with Crippen LogP contribution in [0.5, 0.6) is 0 Å². The zero-order valence-corrected chi connectivity index (χ0v) is 8.27. The fraction of sp³-hybridized carbons (Fsp3) is 0.571. The molecule has 2 N–H and O–H groups in total. The van der Waals surface area contributed by atoms with Gasteiger partial charge in [-0.15, -0.1) is 0 Å². The molecule has 0 amide bonds. The van der Waals surface area contributed by atoms with E-state index in [0.29, 0.717) is 0 Å². The second-order valence-corrected chi connectivity index (χ2v) is 2.55. The fourth-order valence-electron chi connectivity index (χ4n) is 0.694. The normalized spacial score (nSPS) is 8.82. The second kappa shape index (κ2) is 5.21. The summed E-state index contributed by atoms with van der Waals surface area (Å²) in [7, 11) is 1.88. The van der Waals surface area contributed by atoms with Gasteiger partial charge in [0.25, 0.3) is 0 Å². The van der Waals surface area contributed by atoms with E-state index in [1.165, 1.54) is 11.9 Å². The number of aryl methyl sites for hydroxylation is 2. The molecule has 3 nitrogen and oxygen atoms in total. The van der Waals surface area contributed by atoms with Crippen LogP contribution in [-0.2, 0) is 7.05 Å². The molecule has 0 spiro atoms. The number of nitrogens with zero attached hydrogens (tertiary/aromatic N) is 2. The minimum atomic E-state index is 0.991. The van der Waals surface area contributed by atoms with E-state index in [9.17, 15) is 0 Å². The summed E-state index contributed by atoms with van der Waals surface area (Å²) in [5, 5.41) is 9.43. The molecule has 1 heterocycles.